The molecular weight excluding hydrogens is 290 g/mol. The molecule has 0 radical (unpaired) electrons. The van der Waals surface area contributed by atoms with Crippen molar-refractivity contribution < 1.29 is 14.6 Å². The molecule has 1 aromatic carbocycles. The number of nitrogens with zero attached hydrogens (tertiary/aromatic N) is 1. The molecule has 1 aliphatic rings. The lowest BCUT2D eigenvalue weighted by Crippen LogP contribution is -2.40. The van der Waals surface area contributed by atoms with Gasteiger partial charge in [-0.25, -0.2) is 4.79 Å². The van der Waals surface area contributed by atoms with Gasteiger partial charge in [0.2, 0.25) is 0 Å². The summed E-state index contributed by atoms with van der Waals surface area (Å²) in [5.41, 5.74) is -0.426. The van der Waals surface area contributed by atoms with E-state index in [1.807, 2.05) is 62.9 Å². The van der Waals surface area contributed by atoms with Crippen LogP contribution in [0.5, 0.6) is 0 Å². The fraction of sp³-hybridized carbons (Fsp3) is 0.632. The fourth-order valence-corrected chi connectivity index (χ4v) is 3.09. The molecule has 1 heterocycles. The number of aliphatic hydroxyl groups is 1. The van der Waals surface area contributed by atoms with E-state index in [-0.39, 0.29) is 12.1 Å². The van der Waals surface area contributed by atoms with Gasteiger partial charge in [0.15, 0.2) is 0 Å². The van der Waals surface area contributed by atoms with Crippen molar-refractivity contribution in [1.29, 1.82) is 0 Å². The van der Waals surface area contributed by atoms with Crippen LogP contribution in [-0.2, 0) is 10.3 Å². The van der Waals surface area contributed by atoms with Crippen LogP contribution in [0.4, 0.5) is 4.79 Å². The zero-order chi connectivity index (χ0) is 17.1. The smallest absolute Gasteiger partial charge is 0.410 e. The largest absolute Gasteiger partial charge is 0.444 e. The Bertz CT molecular complexity index is 519. The average Bonchev–Trinajstić information content (AvgIpc) is 2.93. The van der Waals surface area contributed by atoms with Gasteiger partial charge in [-0.3, -0.25) is 0 Å². The van der Waals surface area contributed by atoms with Crippen LogP contribution in [0.1, 0.15) is 58.9 Å². The van der Waals surface area contributed by atoms with E-state index in [4.69, 9.17) is 4.74 Å². The summed E-state index contributed by atoms with van der Waals surface area (Å²) in [6, 6.07) is 9.86. The summed E-state index contributed by atoms with van der Waals surface area (Å²) in [5.74, 6) is 0. The molecule has 0 spiro atoms. The molecule has 2 rings (SSSR count). The highest BCUT2D eigenvalue weighted by molar-refractivity contribution is 5.68. The van der Waals surface area contributed by atoms with E-state index in [1.165, 1.54) is 0 Å². The van der Waals surface area contributed by atoms with E-state index in [2.05, 4.69) is 0 Å². The van der Waals surface area contributed by atoms with Crippen LogP contribution < -0.4 is 0 Å². The molecule has 0 bridgehead atoms. The highest BCUT2D eigenvalue weighted by Gasteiger charge is 2.34. The van der Waals surface area contributed by atoms with Crippen LogP contribution >= 0.6 is 0 Å². The summed E-state index contributed by atoms with van der Waals surface area (Å²) < 4.78 is 5.49. The normalized spacial score (nSPS) is 21.1. The van der Waals surface area contributed by atoms with Crippen LogP contribution in [0.3, 0.4) is 0 Å². The molecule has 128 valence electrons. The molecule has 0 aromatic heterocycles. The van der Waals surface area contributed by atoms with Gasteiger partial charge in [0.05, 0.1) is 5.60 Å². The molecule has 0 saturated carbocycles. The Kier molecular flexibility index (Phi) is 5.35. The molecule has 1 N–H and O–H groups in total. The number of rotatable bonds is 4. The van der Waals surface area contributed by atoms with Crippen molar-refractivity contribution in [3.8, 4) is 0 Å². The molecule has 4 nitrogen and oxygen atoms in total. The number of benzene rings is 1. The van der Waals surface area contributed by atoms with Crippen LogP contribution in [0, 0.1) is 0 Å². The van der Waals surface area contributed by atoms with Gasteiger partial charge in [0.25, 0.3) is 0 Å². The predicted molar refractivity (Wildman–Crippen MR) is 91.2 cm³/mol. The third-order valence-corrected chi connectivity index (χ3v) is 4.37. The molecule has 4 heteroatoms. The molecule has 2 atom stereocenters. The van der Waals surface area contributed by atoms with Crippen molar-refractivity contribution in [1.82, 2.24) is 4.90 Å². The minimum Gasteiger partial charge on any atom is -0.444 e. The van der Waals surface area contributed by atoms with Gasteiger partial charge in [-0.2, -0.15) is 0 Å². The molecule has 1 fully saturated rings. The number of hydrogen-bond acceptors (Lipinski definition) is 3. The van der Waals surface area contributed by atoms with E-state index in [9.17, 15) is 9.90 Å². The fourth-order valence-electron chi connectivity index (χ4n) is 3.09. The highest BCUT2D eigenvalue weighted by atomic mass is 16.6. The first kappa shape index (κ1) is 17.8. The van der Waals surface area contributed by atoms with Gasteiger partial charge in [0.1, 0.15) is 5.60 Å². The quantitative estimate of drug-likeness (QED) is 0.910. The van der Waals surface area contributed by atoms with Gasteiger partial charge >= 0.3 is 6.09 Å². The van der Waals surface area contributed by atoms with Crippen molar-refractivity contribution in [3.05, 3.63) is 35.9 Å². The Hall–Kier alpha value is -1.55. The van der Waals surface area contributed by atoms with Crippen LogP contribution in [0.15, 0.2) is 30.3 Å². The second-order valence-electron chi connectivity index (χ2n) is 7.65. The SMILES string of the molecule is CC(C)(C)OC(=O)N1CCC[C@H]1CCC(C)(O)c1ccccc1. The van der Waals surface area contributed by atoms with E-state index in [0.29, 0.717) is 6.42 Å². The molecule has 0 aliphatic carbocycles. The molecule has 23 heavy (non-hydrogen) atoms. The maximum absolute atomic E-state index is 12.3. The average molecular weight is 319 g/mol. The number of carbonyl (C=O) groups is 1. The first-order valence-corrected chi connectivity index (χ1v) is 8.46. The maximum Gasteiger partial charge on any atom is 0.410 e. The predicted octanol–water partition coefficient (Wildman–Crippen LogP) is 4.07. The van der Waals surface area contributed by atoms with Crippen molar-refractivity contribution in [3.63, 3.8) is 0 Å². The van der Waals surface area contributed by atoms with E-state index < -0.39 is 11.2 Å². The third kappa shape index (κ3) is 4.96. The monoisotopic (exact) mass is 319 g/mol. The number of likely N-dealkylation sites (tertiary alicyclic amines) is 1. The maximum atomic E-state index is 12.3. The van der Waals surface area contributed by atoms with Gasteiger partial charge in [-0.1, -0.05) is 30.3 Å². The van der Waals surface area contributed by atoms with Crippen molar-refractivity contribution >= 4 is 6.09 Å². The van der Waals surface area contributed by atoms with Gasteiger partial charge in [-0.05, 0) is 58.9 Å². The topological polar surface area (TPSA) is 49.8 Å². The molecular formula is C19H29NO3. The lowest BCUT2D eigenvalue weighted by Gasteiger charge is -2.31. The second-order valence-corrected chi connectivity index (χ2v) is 7.65. The zero-order valence-corrected chi connectivity index (χ0v) is 14.7. The lowest BCUT2D eigenvalue weighted by atomic mass is 9.89. The van der Waals surface area contributed by atoms with Crippen molar-refractivity contribution in [2.75, 3.05) is 6.54 Å². The summed E-state index contributed by atoms with van der Waals surface area (Å²) in [6.07, 6.45) is 3.14. The van der Waals surface area contributed by atoms with E-state index in [1.54, 1.807) is 0 Å². The van der Waals surface area contributed by atoms with Crippen molar-refractivity contribution in [2.24, 2.45) is 0 Å². The zero-order valence-electron chi connectivity index (χ0n) is 14.7. The number of hydrogen-bond donors (Lipinski definition) is 1. The van der Waals surface area contributed by atoms with Crippen LogP contribution in [-0.4, -0.2) is 34.3 Å². The van der Waals surface area contributed by atoms with E-state index >= 15 is 0 Å². The number of ether oxygens (including phenoxy) is 1. The lowest BCUT2D eigenvalue weighted by molar-refractivity contribution is 0.0136. The Morgan fingerprint density at radius 1 is 1.26 bits per heavy atom. The molecule has 1 aliphatic heterocycles. The summed E-state index contributed by atoms with van der Waals surface area (Å²) in [4.78, 5) is 14.1. The summed E-state index contributed by atoms with van der Waals surface area (Å²) in [6.45, 7) is 8.24. The molecule has 1 saturated heterocycles. The Morgan fingerprint density at radius 2 is 1.91 bits per heavy atom. The van der Waals surface area contributed by atoms with Gasteiger partial charge in [-0.15, -0.1) is 0 Å². The minimum absolute atomic E-state index is 0.153. The van der Waals surface area contributed by atoms with Crippen LogP contribution in [0.25, 0.3) is 0 Å². The summed E-state index contributed by atoms with van der Waals surface area (Å²) in [5, 5.41) is 10.7. The first-order chi connectivity index (χ1) is 10.7. The Morgan fingerprint density at radius 3 is 2.52 bits per heavy atom. The Balaban J connectivity index is 1.95. The standard InChI is InChI=1S/C19H29NO3/c1-18(2,3)23-17(21)20-14-8-11-16(20)12-13-19(4,22)15-9-6-5-7-10-15/h5-7,9-10,16,22H,8,11-14H2,1-4H3/t16-,19?/m0/s1. The van der Waals surface area contributed by atoms with Gasteiger partial charge in [0, 0.05) is 12.6 Å². The number of carbonyl (C=O) groups excluding carboxylic acids is 1. The first-order valence-electron chi connectivity index (χ1n) is 8.46. The number of amides is 1. The minimum atomic E-state index is -0.872. The van der Waals surface area contributed by atoms with Gasteiger partial charge < -0.3 is 14.7 Å². The second kappa shape index (κ2) is 6.91. The summed E-state index contributed by atoms with van der Waals surface area (Å²) >= 11 is 0. The third-order valence-electron chi connectivity index (χ3n) is 4.37. The van der Waals surface area contributed by atoms with E-state index in [0.717, 1.165) is 31.4 Å². The van der Waals surface area contributed by atoms with Crippen molar-refractivity contribution in [2.45, 2.75) is 70.6 Å². The molecule has 1 unspecified atom stereocenters. The Labute approximate surface area is 139 Å². The molecule has 1 amide bonds. The summed E-state index contributed by atoms with van der Waals surface area (Å²) in [7, 11) is 0. The van der Waals surface area contributed by atoms with Crippen LogP contribution in [0.2, 0.25) is 0 Å². The molecule has 1 aromatic rings. The highest BCUT2D eigenvalue weighted by Crippen LogP contribution is 2.30.